The second kappa shape index (κ2) is 9.42. The summed E-state index contributed by atoms with van der Waals surface area (Å²) in [5.74, 6) is -0.152. The molecular formula is C13H27NO3. The Labute approximate surface area is 105 Å². The Kier molecular flexibility index (Phi) is 9.09. The van der Waals surface area contributed by atoms with Crippen LogP contribution in [0.4, 0.5) is 0 Å². The summed E-state index contributed by atoms with van der Waals surface area (Å²) in [7, 11) is 0. The van der Waals surface area contributed by atoms with Gasteiger partial charge in [-0.25, -0.2) is 0 Å². The Morgan fingerprint density at radius 2 is 1.88 bits per heavy atom. The summed E-state index contributed by atoms with van der Waals surface area (Å²) in [5, 5.41) is 0. The molecule has 0 amide bonds. The van der Waals surface area contributed by atoms with Crippen LogP contribution < -0.4 is 5.73 Å². The van der Waals surface area contributed by atoms with Crippen LogP contribution in [0.25, 0.3) is 0 Å². The van der Waals surface area contributed by atoms with Gasteiger partial charge < -0.3 is 15.2 Å². The fourth-order valence-corrected chi connectivity index (χ4v) is 2.04. The third kappa shape index (κ3) is 5.50. The zero-order valence-electron chi connectivity index (χ0n) is 11.5. The normalized spacial score (nSPS) is 14.4. The zero-order valence-corrected chi connectivity index (χ0v) is 11.5. The lowest BCUT2D eigenvalue weighted by atomic mass is 9.79. The molecular weight excluding hydrogens is 218 g/mol. The average Bonchev–Trinajstić information content (AvgIpc) is 2.33. The fourth-order valence-electron chi connectivity index (χ4n) is 2.04. The monoisotopic (exact) mass is 245 g/mol. The van der Waals surface area contributed by atoms with Crippen molar-refractivity contribution < 1.29 is 14.3 Å². The maximum atomic E-state index is 12.0. The van der Waals surface area contributed by atoms with E-state index in [4.69, 9.17) is 15.2 Å². The number of hydrogen-bond acceptors (Lipinski definition) is 4. The highest BCUT2D eigenvalue weighted by Gasteiger charge is 2.37. The molecule has 0 rings (SSSR count). The van der Waals surface area contributed by atoms with Crippen molar-refractivity contribution in [1.82, 2.24) is 0 Å². The van der Waals surface area contributed by atoms with Crippen LogP contribution >= 0.6 is 0 Å². The number of carbonyl (C=O) groups excluding carboxylic acids is 1. The van der Waals surface area contributed by atoms with Crippen LogP contribution in [0.5, 0.6) is 0 Å². The van der Waals surface area contributed by atoms with Crippen molar-refractivity contribution in [2.24, 2.45) is 11.1 Å². The van der Waals surface area contributed by atoms with Gasteiger partial charge in [0.05, 0.1) is 12.0 Å². The summed E-state index contributed by atoms with van der Waals surface area (Å²) in [5.41, 5.74) is 5.29. The molecule has 2 N–H and O–H groups in total. The first-order chi connectivity index (χ1) is 8.16. The van der Waals surface area contributed by atoms with E-state index >= 15 is 0 Å². The molecule has 0 aliphatic heterocycles. The van der Waals surface area contributed by atoms with Gasteiger partial charge in [-0.2, -0.15) is 0 Å². The quantitative estimate of drug-likeness (QED) is 0.473. The molecule has 0 aliphatic carbocycles. The van der Waals surface area contributed by atoms with Gasteiger partial charge in [0.25, 0.3) is 0 Å². The minimum atomic E-state index is -0.512. The van der Waals surface area contributed by atoms with E-state index < -0.39 is 5.41 Å². The van der Waals surface area contributed by atoms with Gasteiger partial charge in [0.2, 0.25) is 0 Å². The Balaban J connectivity index is 4.41. The number of nitrogens with two attached hydrogens (primary N) is 1. The molecule has 1 atom stereocenters. The molecule has 0 aromatic rings. The van der Waals surface area contributed by atoms with E-state index in [1.807, 2.05) is 13.8 Å². The van der Waals surface area contributed by atoms with E-state index in [9.17, 15) is 4.79 Å². The van der Waals surface area contributed by atoms with Gasteiger partial charge in [-0.05, 0) is 33.1 Å². The van der Waals surface area contributed by atoms with Gasteiger partial charge in [-0.1, -0.05) is 13.3 Å². The molecule has 0 aromatic heterocycles. The summed E-state index contributed by atoms with van der Waals surface area (Å²) in [4.78, 5) is 12.0. The van der Waals surface area contributed by atoms with Gasteiger partial charge >= 0.3 is 5.97 Å². The van der Waals surface area contributed by atoms with E-state index in [-0.39, 0.29) is 5.97 Å². The minimum absolute atomic E-state index is 0.152. The van der Waals surface area contributed by atoms with Gasteiger partial charge in [-0.15, -0.1) is 0 Å². The van der Waals surface area contributed by atoms with Crippen LogP contribution in [0.2, 0.25) is 0 Å². The van der Waals surface area contributed by atoms with Crippen molar-refractivity contribution in [2.45, 2.75) is 46.5 Å². The summed E-state index contributed by atoms with van der Waals surface area (Å²) in [6.45, 7) is 8.01. The predicted octanol–water partition coefficient (Wildman–Crippen LogP) is 2.11. The standard InChI is InChI=1S/C13H27NO3/c1-4-8-13(11-14,12(15)17-6-3)9-7-10-16-5-2/h4-11,14H2,1-3H3. The summed E-state index contributed by atoms with van der Waals surface area (Å²) >= 11 is 0. The maximum Gasteiger partial charge on any atom is 0.313 e. The lowest BCUT2D eigenvalue weighted by molar-refractivity contribution is -0.156. The topological polar surface area (TPSA) is 61.5 Å². The van der Waals surface area contributed by atoms with Gasteiger partial charge in [-0.3, -0.25) is 4.79 Å². The van der Waals surface area contributed by atoms with E-state index in [0.717, 1.165) is 25.7 Å². The summed E-state index contributed by atoms with van der Waals surface area (Å²) in [6, 6.07) is 0. The highest BCUT2D eigenvalue weighted by atomic mass is 16.5. The smallest absolute Gasteiger partial charge is 0.313 e. The molecule has 0 aliphatic rings. The molecule has 1 unspecified atom stereocenters. The number of ether oxygens (including phenoxy) is 2. The molecule has 4 heteroatoms. The Hall–Kier alpha value is -0.610. The lowest BCUT2D eigenvalue weighted by Gasteiger charge is -2.29. The van der Waals surface area contributed by atoms with Crippen molar-refractivity contribution in [3.63, 3.8) is 0 Å². The number of carbonyl (C=O) groups is 1. The third-order valence-corrected chi connectivity index (χ3v) is 2.98. The van der Waals surface area contributed by atoms with Crippen molar-refractivity contribution in [1.29, 1.82) is 0 Å². The predicted molar refractivity (Wildman–Crippen MR) is 68.8 cm³/mol. The molecule has 0 aromatic carbocycles. The van der Waals surface area contributed by atoms with Crippen molar-refractivity contribution in [3.8, 4) is 0 Å². The minimum Gasteiger partial charge on any atom is -0.466 e. The SMILES string of the molecule is CCCC(CN)(CCCOCC)C(=O)OCC. The highest BCUT2D eigenvalue weighted by Crippen LogP contribution is 2.30. The van der Waals surface area contributed by atoms with Crippen molar-refractivity contribution in [3.05, 3.63) is 0 Å². The summed E-state index contributed by atoms with van der Waals surface area (Å²) < 4.78 is 10.4. The van der Waals surface area contributed by atoms with Gasteiger partial charge in [0.1, 0.15) is 0 Å². The molecule has 102 valence electrons. The maximum absolute atomic E-state index is 12.0. The molecule has 0 spiro atoms. The Morgan fingerprint density at radius 3 is 2.35 bits per heavy atom. The first-order valence-corrected chi connectivity index (χ1v) is 6.61. The van der Waals surface area contributed by atoms with Crippen LogP contribution in [0.1, 0.15) is 46.5 Å². The van der Waals surface area contributed by atoms with E-state index in [2.05, 4.69) is 6.92 Å². The van der Waals surface area contributed by atoms with Crippen LogP contribution in [-0.2, 0) is 14.3 Å². The molecule has 0 saturated carbocycles. The van der Waals surface area contributed by atoms with Crippen molar-refractivity contribution in [2.75, 3.05) is 26.4 Å². The largest absolute Gasteiger partial charge is 0.466 e. The number of esters is 1. The molecule has 0 fully saturated rings. The fraction of sp³-hybridized carbons (Fsp3) is 0.923. The highest BCUT2D eigenvalue weighted by molar-refractivity contribution is 5.77. The summed E-state index contributed by atoms with van der Waals surface area (Å²) in [6.07, 6.45) is 3.32. The molecule has 4 nitrogen and oxygen atoms in total. The van der Waals surface area contributed by atoms with E-state index in [0.29, 0.717) is 26.4 Å². The molecule has 0 heterocycles. The molecule has 0 radical (unpaired) electrons. The first-order valence-electron chi connectivity index (χ1n) is 6.61. The molecule has 0 saturated heterocycles. The van der Waals surface area contributed by atoms with Crippen LogP contribution in [0.3, 0.4) is 0 Å². The second-order valence-corrected chi connectivity index (χ2v) is 4.26. The lowest BCUT2D eigenvalue weighted by Crippen LogP contribution is -2.40. The molecule has 0 bridgehead atoms. The molecule has 17 heavy (non-hydrogen) atoms. The zero-order chi connectivity index (χ0) is 13.1. The Morgan fingerprint density at radius 1 is 1.18 bits per heavy atom. The van der Waals surface area contributed by atoms with Gasteiger partial charge in [0, 0.05) is 19.8 Å². The Bertz CT molecular complexity index is 209. The van der Waals surface area contributed by atoms with Gasteiger partial charge in [0.15, 0.2) is 0 Å². The third-order valence-electron chi connectivity index (χ3n) is 2.98. The van der Waals surface area contributed by atoms with Crippen LogP contribution in [-0.4, -0.2) is 32.3 Å². The number of hydrogen-bond donors (Lipinski definition) is 1. The van der Waals surface area contributed by atoms with E-state index in [1.165, 1.54) is 0 Å². The number of rotatable bonds is 10. The second-order valence-electron chi connectivity index (χ2n) is 4.26. The van der Waals surface area contributed by atoms with Crippen LogP contribution in [0, 0.1) is 5.41 Å². The first kappa shape index (κ1) is 16.4. The van der Waals surface area contributed by atoms with Crippen LogP contribution in [0.15, 0.2) is 0 Å². The average molecular weight is 245 g/mol. The van der Waals surface area contributed by atoms with E-state index in [1.54, 1.807) is 0 Å². The van der Waals surface area contributed by atoms with Crippen molar-refractivity contribution >= 4 is 5.97 Å².